The van der Waals surface area contributed by atoms with Crippen LogP contribution in [0.1, 0.15) is 66.7 Å². The number of rotatable bonds is 13. The fourth-order valence-electron chi connectivity index (χ4n) is 3.78. The van der Waals surface area contributed by atoms with Crippen molar-refractivity contribution in [2.24, 2.45) is 5.92 Å². The van der Waals surface area contributed by atoms with Crippen LogP contribution in [-0.2, 0) is 33.4 Å². The largest absolute Gasteiger partial charge is 0.300 e. The Morgan fingerprint density at radius 1 is 0.971 bits per heavy atom. The van der Waals surface area contributed by atoms with Gasteiger partial charge in [0.1, 0.15) is 5.78 Å². The van der Waals surface area contributed by atoms with Gasteiger partial charge in [-0.3, -0.25) is 14.3 Å². The monoisotopic (exact) mass is 495 g/mol. The van der Waals surface area contributed by atoms with Crippen molar-refractivity contribution >= 4 is 21.4 Å². The van der Waals surface area contributed by atoms with Crippen LogP contribution in [0.4, 0.5) is 0 Å². The third-order valence-electron chi connectivity index (χ3n) is 5.69. The number of carbonyl (C=O) groups excluding carboxylic acids is 2. The highest BCUT2D eigenvalue weighted by molar-refractivity contribution is 7.90. The van der Waals surface area contributed by atoms with Crippen LogP contribution in [0.15, 0.2) is 59.6 Å². The molecule has 3 rings (SSSR count). The first-order valence-electron chi connectivity index (χ1n) is 11.9. The number of benzene rings is 2. The summed E-state index contributed by atoms with van der Waals surface area (Å²) in [5.74, 6) is 0.494. The molecule has 0 amide bonds. The molecule has 186 valence electrons. The first kappa shape index (κ1) is 26.5. The van der Waals surface area contributed by atoms with Gasteiger partial charge in [0.15, 0.2) is 15.6 Å². The second kappa shape index (κ2) is 12.0. The van der Waals surface area contributed by atoms with Crippen LogP contribution >= 0.6 is 0 Å². The van der Waals surface area contributed by atoms with Gasteiger partial charge in [-0.15, -0.1) is 5.10 Å². The summed E-state index contributed by atoms with van der Waals surface area (Å²) in [6.45, 7) is 6.60. The van der Waals surface area contributed by atoms with Crippen LogP contribution in [-0.4, -0.2) is 35.0 Å². The lowest BCUT2D eigenvalue weighted by Gasteiger charge is -2.06. The number of aryl methyl sites for hydroxylation is 3. The van der Waals surface area contributed by atoms with Gasteiger partial charge < -0.3 is 0 Å². The zero-order valence-corrected chi connectivity index (χ0v) is 21.4. The van der Waals surface area contributed by atoms with Gasteiger partial charge in [-0.25, -0.2) is 8.42 Å². The molecule has 7 nitrogen and oxygen atoms in total. The van der Waals surface area contributed by atoms with Crippen molar-refractivity contribution in [3.63, 3.8) is 0 Å². The predicted octanol–water partition coefficient (Wildman–Crippen LogP) is 4.77. The fourth-order valence-corrected chi connectivity index (χ4v) is 5.13. The normalized spacial score (nSPS) is 11.7. The number of aromatic nitrogens is 3. The smallest absolute Gasteiger partial charge is 0.182 e. The van der Waals surface area contributed by atoms with Crippen LogP contribution in [0.5, 0.6) is 0 Å². The molecule has 0 aliphatic heterocycles. The molecule has 0 unspecified atom stereocenters. The molecule has 0 atom stereocenters. The Kier molecular flexibility index (Phi) is 9.09. The number of hydrogen-bond acceptors (Lipinski definition) is 6. The predicted molar refractivity (Wildman–Crippen MR) is 135 cm³/mol. The minimum atomic E-state index is -3.45. The van der Waals surface area contributed by atoms with E-state index in [1.54, 1.807) is 53.2 Å². The van der Waals surface area contributed by atoms with Gasteiger partial charge >= 0.3 is 0 Å². The summed E-state index contributed by atoms with van der Waals surface area (Å²) in [5, 5.41) is 8.21. The molecule has 2 aromatic carbocycles. The maximum Gasteiger partial charge on any atom is 0.182 e. The van der Waals surface area contributed by atoms with Gasteiger partial charge in [-0.2, -0.15) is 0 Å². The van der Waals surface area contributed by atoms with Crippen molar-refractivity contribution in [3.8, 4) is 0 Å². The molecule has 0 saturated carbocycles. The highest BCUT2D eigenvalue weighted by Crippen LogP contribution is 2.18. The molecule has 3 aromatic rings. The van der Waals surface area contributed by atoms with Crippen LogP contribution in [0.25, 0.3) is 0 Å². The van der Waals surface area contributed by atoms with E-state index in [4.69, 9.17) is 0 Å². The lowest BCUT2D eigenvalue weighted by Crippen LogP contribution is -2.06. The first-order valence-corrected chi connectivity index (χ1v) is 13.6. The minimum Gasteiger partial charge on any atom is -0.300 e. The van der Waals surface area contributed by atoms with Crippen molar-refractivity contribution < 1.29 is 18.0 Å². The van der Waals surface area contributed by atoms with Crippen LogP contribution in [0, 0.1) is 12.8 Å². The Bertz CT molecular complexity index is 1240. The second-order valence-electron chi connectivity index (χ2n) is 9.41. The van der Waals surface area contributed by atoms with E-state index in [1.807, 2.05) is 27.0 Å². The maximum absolute atomic E-state index is 12.6. The molecule has 0 fully saturated rings. The number of Topliss-reactive ketones (excluding diaryl/α,β-unsaturated/α-hetero) is 2. The Labute approximate surface area is 207 Å². The quantitative estimate of drug-likeness (QED) is 0.317. The summed E-state index contributed by atoms with van der Waals surface area (Å²) in [6, 6.07) is 13.5. The molecule has 0 radical (unpaired) electrons. The number of carbonyl (C=O) groups is 2. The third-order valence-corrected chi connectivity index (χ3v) is 7.39. The van der Waals surface area contributed by atoms with E-state index in [-0.39, 0.29) is 23.7 Å². The Morgan fingerprint density at radius 2 is 1.66 bits per heavy atom. The SMILES string of the molecule is Cc1ccc(S(=O)(=O)Cc2ccc(C(=O)CCc3cn(CCCC(=O)CC(C)C)nn3)cc2)cc1. The molecule has 0 N–H and O–H groups in total. The van der Waals surface area contributed by atoms with Gasteiger partial charge in [-0.1, -0.05) is 61.0 Å². The summed E-state index contributed by atoms with van der Waals surface area (Å²) < 4.78 is 27.0. The summed E-state index contributed by atoms with van der Waals surface area (Å²) in [5.41, 5.74) is 2.91. The summed E-state index contributed by atoms with van der Waals surface area (Å²) in [4.78, 5) is 24.7. The molecular formula is C27H33N3O4S. The molecule has 1 heterocycles. The van der Waals surface area contributed by atoms with Gasteiger partial charge in [0, 0.05) is 44.0 Å². The van der Waals surface area contributed by atoms with E-state index in [0.717, 1.165) is 17.7 Å². The highest BCUT2D eigenvalue weighted by Gasteiger charge is 2.16. The van der Waals surface area contributed by atoms with E-state index in [1.165, 1.54) is 0 Å². The van der Waals surface area contributed by atoms with Crippen LogP contribution in [0.2, 0.25) is 0 Å². The van der Waals surface area contributed by atoms with E-state index in [9.17, 15) is 18.0 Å². The minimum absolute atomic E-state index is 0.0354. The van der Waals surface area contributed by atoms with Gasteiger partial charge in [0.2, 0.25) is 0 Å². The lowest BCUT2D eigenvalue weighted by molar-refractivity contribution is -0.119. The average Bonchev–Trinajstić information content (AvgIpc) is 3.25. The van der Waals surface area contributed by atoms with E-state index >= 15 is 0 Å². The third kappa shape index (κ3) is 8.24. The summed E-state index contributed by atoms with van der Waals surface area (Å²) in [6.07, 6.45) is 4.43. The molecule has 0 aliphatic carbocycles. The van der Waals surface area contributed by atoms with Crippen molar-refractivity contribution in [2.45, 2.75) is 70.1 Å². The zero-order valence-electron chi connectivity index (χ0n) is 20.6. The molecule has 0 aliphatic rings. The topological polar surface area (TPSA) is 99.0 Å². The Balaban J connectivity index is 1.48. The Morgan fingerprint density at radius 3 is 2.31 bits per heavy atom. The average molecular weight is 496 g/mol. The number of sulfone groups is 1. The molecule has 0 spiro atoms. The Hall–Kier alpha value is -3.13. The molecule has 8 heteroatoms. The second-order valence-corrected chi connectivity index (χ2v) is 11.4. The van der Waals surface area contributed by atoms with E-state index in [0.29, 0.717) is 47.7 Å². The lowest BCUT2D eigenvalue weighted by atomic mass is 10.0. The first-order chi connectivity index (χ1) is 16.6. The van der Waals surface area contributed by atoms with Crippen molar-refractivity contribution in [2.75, 3.05) is 0 Å². The molecule has 0 bridgehead atoms. The molecule has 35 heavy (non-hydrogen) atoms. The maximum atomic E-state index is 12.6. The van der Waals surface area contributed by atoms with Crippen molar-refractivity contribution in [3.05, 3.63) is 77.1 Å². The van der Waals surface area contributed by atoms with Gasteiger partial charge in [0.05, 0.1) is 16.3 Å². The molecular weight excluding hydrogens is 462 g/mol. The van der Waals surface area contributed by atoms with Crippen molar-refractivity contribution in [1.82, 2.24) is 15.0 Å². The summed E-state index contributed by atoms with van der Waals surface area (Å²) >= 11 is 0. The number of hydrogen-bond donors (Lipinski definition) is 0. The van der Waals surface area contributed by atoms with Crippen LogP contribution < -0.4 is 0 Å². The highest BCUT2D eigenvalue weighted by atomic mass is 32.2. The van der Waals surface area contributed by atoms with Crippen LogP contribution in [0.3, 0.4) is 0 Å². The standard InChI is InChI=1S/C27H33N3O4S/c1-20(2)17-25(31)5-4-16-30-18-24(28-29-30)12-15-27(32)23-10-8-22(9-11-23)19-35(33,34)26-13-6-21(3)7-14-26/h6-11,13-14,18,20H,4-5,12,15-17,19H2,1-3H3. The van der Waals surface area contributed by atoms with Crippen molar-refractivity contribution in [1.29, 1.82) is 0 Å². The zero-order chi connectivity index (χ0) is 25.4. The summed E-state index contributed by atoms with van der Waals surface area (Å²) in [7, 11) is -3.45. The van der Waals surface area contributed by atoms with E-state index in [2.05, 4.69) is 10.3 Å². The molecule has 0 saturated heterocycles. The van der Waals surface area contributed by atoms with Gasteiger partial charge in [0.25, 0.3) is 0 Å². The number of ketones is 2. The fraction of sp³-hybridized carbons (Fsp3) is 0.407. The van der Waals surface area contributed by atoms with Gasteiger partial charge in [-0.05, 0) is 37.0 Å². The number of nitrogens with zero attached hydrogens (tertiary/aromatic N) is 3. The molecule has 1 aromatic heterocycles. The van der Waals surface area contributed by atoms with E-state index < -0.39 is 9.84 Å².